The summed E-state index contributed by atoms with van der Waals surface area (Å²) in [6, 6.07) is 0. The highest BCUT2D eigenvalue weighted by molar-refractivity contribution is 7.86. The first-order chi connectivity index (χ1) is 7.65. The van der Waals surface area contributed by atoms with Crippen molar-refractivity contribution < 1.29 is 9.00 Å². The molecule has 1 aliphatic rings. The Bertz CT molecular complexity index is 252. The molecule has 0 bridgehead atoms. The number of hydrogen-bond donors (Lipinski definition) is 1. The van der Waals surface area contributed by atoms with Crippen LogP contribution in [0.25, 0.3) is 0 Å². The summed E-state index contributed by atoms with van der Waals surface area (Å²) in [6.07, 6.45) is 5.17. The SMILES string of the molecule is CN(CCCN)C(=O)CS(=O)C1CCCC1. The Morgan fingerprint density at radius 1 is 1.44 bits per heavy atom. The third-order valence-electron chi connectivity index (χ3n) is 3.06. The van der Waals surface area contributed by atoms with Gasteiger partial charge in [0.15, 0.2) is 0 Å². The smallest absolute Gasteiger partial charge is 0.234 e. The van der Waals surface area contributed by atoms with Crippen molar-refractivity contribution in [1.82, 2.24) is 4.90 Å². The van der Waals surface area contributed by atoms with Crippen molar-refractivity contribution >= 4 is 16.7 Å². The lowest BCUT2D eigenvalue weighted by Gasteiger charge is -2.17. The van der Waals surface area contributed by atoms with Gasteiger partial charge in [0.25, 0.3) is 0 Å². The molecule has 4 nitrogen and oxygen atoms in total. The summed E-state index contributed by atoms with van der Waals surface area (Å²) in [5.74, 6) is 0.171. The Morgan fingerprint density at radius 2 is 2.06 bits per heavy atom. The van der Waals surface area contributed by atoms with E-state index in [9.17, 15) is 9.00 Å². The standard InChI is InChI=1S/C11H22N2O2S/c1-13(8-4-7-12)11(14)9-16(15)10-5-2-3-6-10/h10H,2-9,12H2,1H3. The van der Waals surface area contributed by atoms with Crippen molar-refractivity contribution in [3.05, 3.63) is 0 Å². The third kappa shape index (κ3) is 4.22. The van der Waals surface area contributed by atoms with Gasteiger partial charge < -0.3 is 10.6 Å². The van der Waals surface area contributed by atoms with Crippen molar-refractivity contribution in [1.29, 1.82) is 0 Å². The number of carbonyl (C=O) groups is 1. The number of amides is 1. The van der Waals surface area contributed by atoms with Crippen LogP contribution in [-0.2, 0) is 15.6 Å². The van der Waals surface area contributed by atoms with Crippen LogP contribution in [0.2, 0.25) is 0 Å². The molecular weight excluding hydrogens is 224 g/mol. The van der Waals surface area contributed by atoms with Gasteiger partial charge in [-0.3, -0.25) is 9.00 Å². The zero-order valence-corrected chi connectivity index (χ0v) is 10.8. The van der Waals surface area contributed by atoms with Crippen molar-refractivity contribution in [2.75, 3.05) is 25.9 Å². The van der Waals surface area contributed by atoms with Crippen LogP contribution < -0.4 is 5.73 Å². The molecule has 1 rings (SSSR count). The van der Waals surface area contributed by atoms with Gasteiger partial charge in [0.1, 0.15) is 5.75 Å². The van der Waals surface area contributed by atoms with E-state index in [1.807, 2.05) is 0 Å². The van der Waals surface area contributed by atoms with E-state index in [0.29, 0.717) is 13.1 Å². The molecule has 0 aliphatic heterocycles. The second kappa shape index (κ2) is 7.01. The maximum Gasteiger partial charge on any atom is 0.234 e. The highest BCUT2D eigenvalue weighted by Gasteiger charge is 2.24. The molecule has 0 saturated heterocycles. The van der Waals surface area contributed by atoms with Crippen LogP contribution in [0, 0.1) is 0 Å². The van der Waals surface area contributed by atoms with Crippen molar-refractivity contribution in [3.8, 4) is 0 Å². The molecule has 1 aliphatic carbocycles. The van der Waals surface area contributed by atoms with Gasteiger partial charge in [0.2, 0.25) is 5.91 Å². The predicted molar refractivity (Wildman–Crippen MR) is 66.6 cm³/mol. The molecule has 5 heteroatoms. The van der Waals surface area contributed by atoms with Crippen molar-refractivity contribution in [2.45, 2.75) is 37.4 Å². The molecule has 1 unspecified atom stereocenters. The third-order valence-corrected chi connectivity index (χ3v) is 4.81. The lowest BCUT2D eigenvalue weighted by Crippen LogP contribution is -2.34. The molecule has 0 spiro atoms. The van der Waals surface area contributed by atoms with Gasteiger partial charge in [-0.05, 0) is 25.8 Å². The van der Waals surface area contributed by atoms with Crippen molar-refractivity contribution in [3.63, 3.8) is 0 Å². The van der Waals surface area contributed by atoms with Crippen LogP contribution in [0.1, 0.15) is 32.1 Å². The normalized spacial score (nSPS) is 18.6. The lowest BCUT2D eigenvalue weighted by molar-refractivity contribution is -0.127. The first kappa shape index (κ1) is 13.6. The maximum absolute atomic E-state index is 11.9. The number of hydrogen-bond acceptors (Lipinski definition) is 3. The highest BCUT2D eigenvalue weighted by Crippen LogP contribution is 2.22. The first-order valence-electron chi connectivity index (χ1n) is 5.96. The molecule has 0 aromatic carbocycles. The van der Waals surface area contributed by atoms with Gasteiger partial charge in [0, 0.05) is 29.6 Å². The average molecular weight is 246 g/mol. The molecule has 1 amide bonds. The fraction of sp³-hybridized carbons (Fsp3) is 0.909. The quantitative estimate of drug-likeness (QED) is 0.741. The summed E-state index contributed by atoms with van der Waals surface area (Å²) in [5.41, 5.74) is 5.38. The molecule has 0 aromatic rings. The Balaban J connectivity index is 2.29. The van der Waals surface area contributed by atoms with E-state index in [1.165, 1.54) is 0 Å². The lowest BCUT2D eigenvalue weighted by atomic mass is 10.4. The predicted octanol–water partition coefficient (Wildman–Crippen LogP) is 0.485. The van der Waals surface area contributed by atoms with Gasteiger partial charge in [-0.2, -0.15) is 0 Å². The Kier molecular flexibility index (Phi) is 5.98. The average Bonchev–Trinajstić information content (AvgIpc) is 2.79. The molecule has 2 N–H and O–H groups in total. The summed E-state index contributed by atoms with van der Waals surface area (Å²) in [7, 11) is 0.780. The minimum Gasteiger partial charge on any atom is -0.345 e. The van der Waals surface area contributed by atoms with Crippen molar-refractivity contribution in [2.24, 2.45) is 5.73 Å². The zero-order chi connectivity index (χ0) is 12.0. The Labute approximate surface area is 100 Å². The largest absolute Gasteiger partial charge is 0.345 e. The zero-order valence-electron chi connectivity index (χ0n) is 9.98. The Morgan fingerprint density at radius 3 is 2.62 bits per heavy atom. The second-order valence-corrected chi connectivity index (χ2v) is 6.11. The van der Waals surface area contributed by atoms with Crippen LogP contribution in [0.15, 0.2) is 0 Å². The minimum atomic E-state index is -0.974. The summed E-state index contributed by atoms with van der Waals surface area (Å²) < 4.78 is 11.9. The molecule has 0 aromatic heterocycles. The first-order valence-corrected chi connectivity index (χ1v) is 7.34. The van der Waals surface area contributed by atoms with Gasteiger partial charge in [-0.25, -0.2) is 0 Å². The van der Waals surface area contributed by atoms with Gasteiger partial charge in [-0.15, -0.1) is 0 Å². The van der Waals surface area contributed by atoms with Gasteiger partial charge in [0.05, 0.1) is 0 Å². The van der Waals surface area contributed by atoms with Gasteiger partial charge >= 0.3 is 0 Å². The van der Waals surface area contributed by atoms with Crippen LogP contribution >= 0.6 is 0 Å². The van der Waals surface area contributed by atoms with E-state index < -0.39 is 10.8 Å². The van der Waals surface area contributed by atoms with E-state index in [4.69, 9.17) is 5.73 Å². The Hall–Kier alpha value is -0.420. The van der Waals surface area contributed by atoms with Gasteiger partial charge in [-0.1, -0.05) is 12.8 Å². The molecular formula is C11H22N2O2S. The second-order valence-electron chi connectivity index (χ2n) is 4.39. The molecule has 1 fully saturated rings. The minimum absolute atomic E-state index is 0.0151. The van der Waals surface area contributed by atoms with Crippen LogP contribution in [0.4, 0.5) is 0 Å². The molecule has 16 heavy (non-hydrogen) atoms. The maximum atomic E-state index is 11.9. The number of nitrogens with zero attached hydrogens (tertiary/aromatic N) is 1. The van der Waals surface area contributed by atoms with Crippen LogP contribution in [0.3, 0.4) is 0 Å². The van der Waals surface area contributed by atoms with E-state index >= 15 is 0 Å². The summed E-state index contributed by atoms with van der Waals surface area (Å²) in [4.78, 5) is 13.3. The summed E-state index contributed by atoms with van der Waals surface area (Å²) >= 11 is 0. The monoisotopic (exact) mass is 246 g/mol. The molecule has 1 saturated carbocycles. The van der Waals surface area contributed by atoms with Crippen LogP contribution in [-0.4, -0.2) is 46.2 Å². The number of nitrogens with two attached hydrogens (primary N) is 1. The molecule has 1 atom stereocenters. The van der Waals surface area contributed by atoms with E-state index in [2.05, 4.69) is 0 Å². The summed E-state index contributed by atoms with van der Waals surface area (Å²) in [6.45, 7) is 1.25. The summed E-state index contributed by atoms with van der Waals surface area (Å²) in [5, 5.41) is 0.256. The van der Waals surface area contributed by atoms with E-state index in [0.717, 1.165) is 32.1 Å². The van der Waals surface area contributed by atoms with E-state index in [-0.39, 0.29) is 16.9 Å². The molecule has 0 heterocycles. The topological polar surface area (TPSA) is 63.4 Å². The van der Waals surface area contributed by atoms with Crippen LogP contribution in [0.5, 0.6) is 0 Å². The van der Waals surface area contributed by atoms with E-state index in [1.54, 1.807) is 11.9 Å². The number of rotatable bonds is 6. The highest BCUT2D eigenvalue weighted by atomic mass is 32.2. The number of carbonyl (C=O) groups excluding carboxylic acids is 1. The fourth-order valence-corrected chi connectivity index (χ4v) is 3.51. The fourth-order valence-electron chi connectivity index (χ4n) is 1.95. The molecule has 94 valence electrons. The molecule has 0 radical (unpaired) electrons.